The van der Waals surface area contributed by atoms with Crippen LogP contribution in [0.1, 0.15) is 6.92 Å². The Hall–Kier alpha value is -3.47. The molecule has 3 aromatic rings. The Morgan fingerprint density at radius 3 is 1.69 bits per heavy atom. The van der Waals surface area contributed by atoms with E-state index in [1.165, 1.54) is 0 Å². The van der Waals surface area contributed by atoms with Crippen LogP contribution in [-0.4, -0.2) is 12.8 Å². The first-order valence-corrected chi connectivity index (χ1v) is 8.37. The van der Waals surface area contributed by atoms with Gasteiger partial charge in [-0.3, -0.25) is 0 Å². The van der Waals surface area contributed by atoms with E-state index in [-0.39, 0.29) is 6.61 Å². The van der Waals surface area contributed by atoms with Gasteiger partial charge in [-0.05, 0) is 67.6 Å². The predicted molar refractivity (Wildman–Crippen MR) is 104 cm³/mol. The van der Waals surface area contributed by atoms with Gasteiger partial charge < -0.3 is 20.1 Å². The fourth-order valence-corrected chi connectivity index (χ4v) is 2.34. The van der Waals surface area contributed by atoms with E-state index in [0.29, 0.717) is 5.75 Å². The number of nitrogens with one attached hydrogen (secondary N) is 2. The van der Waals surface area contributed by atoms with Gasteiger partial charge in [0.2, 0.25) is 0 Å². The molecule has 0 fully saturated rings. The van der Waals surface area contributed by atoms with E-state index in [0.717, 1.165) is 22.7 Å². The van der Waals surface area contributed by atoms with Gasteiger partial charge in [-0.1, -0.05) is 18.2 Å². The Morgan fingerprint density at radius 2 is 1.19 bits per heavy atom. The Morgan fingerprint density at radius 1 is 0.731 bits per heavy atom. The maximum Gasteiger partial charge on any atom is 0.513 e. The number of carbonyl (C=O) groups is 1. The summed E-state index contributed by atoms with van der Waals surface area (Å²) in [7, 11) is 0. The summed E-state index contributed by atoms with van der Waals surface area (Å²) in [6.07, 6.45) is -0.699. The third-order valence-electron chi connectivity index (χ3n) is 3.55. The number of para-hydroxylation sites is 1. The van der Waals surface area contributed by atoms with Crippen molar-refractivity contribution in [2.24, 2.45) is 0 Å². The van der Waals surface area contributed by atoms with Gasteiger partial charge in [-0.2, -0.15) is 0 Å². The van der Waals surface area contributed by atoms with Crippen LogP contribution in [-0.2, 0) is 4.74 Å². The molecule has 0 spiro atoms. The SMILES string of the molecule is CCOC(=O)Oc1ccc(Nc2ccc(Nc3ccccc3)cc2)cc1. The lowest BCUT2D eigenvalue weighted by Crippen LogP contribution is -2.09. The lowest BCUT2D eigenvalue weighted by atomic mass is 10.2. The smallest absolute Gasteiger partial charge is 0.434 e. The third-order valence-corrected chi connectivity index (χ3v) is 3.55. The number of hydrogen-bond acceptors (Lipinski definition) is 5. The molecule has 0 atom stereocenters. The molecule has 3 aromatic carbocycles. The molecule has 132 valence electrons. The van der Waals surface area contributed by atoms with Crippen molar-refractivity contribution in [3.63, 3.8) is 0 Å². The van der Waals surface area contributed by atoms with E-state index in [1.807, 2.05) is 66.7 Å². The maximum atomic E-state index is 11.3. The summed E-state index contributed by atoms with van der Waals surface area (Å²) in [5.74, 6) is 0.441. The topological polar surface area (TPSA) is 59.6 Å². The summed E-state index contributed by atoms with van der Waals surface area (Å²) >= 11 is 0. The Balaban J connectivity index is 1.58. The number of benzene rings is 3. The molecule has 0 aliphatic rings. The van der Waals surface area contributed by atoms with Gasteiger partial charge in [0, 0.05) is 22.7 Å². The van der Waals surface area contributed by atoms with Gasteiger partial charge >= 0.3 is 6.16 Å². The van der Waals surface area contributed by atoms with Crippen LogP contribution in [0.3, 0.4) is 0 Å². The normalized spacial score (nSPS) is 10.0. The van der Waals surface area contributed by atoms with Crippen LogP contribution < -0.4 is 15.4 Å². The number of hydrogen-bond donors (Lipinski definition) is 2. The minimum atomic E-state index is -0.699. The Kier molecular flexibility index (Phi) is 5.72. The van der Waals surface area contributed by atoms with Gasteiger partial charge in [0.15, 0.2) is 0 Å². The highest BCUT2D eigenvalue weighted by Crippen LogP contribution is 2.23. The molecule has 0 aromatic heterocycles. The molecular formula is C21H20N2O3. The molecular weight excluding hydrogens is 328 g/mol. The quantitative estimate of drug-likeness (QED) is 0.441. The summed E-state index contributed by atoms with van der Waals surface area (Å²) in [4.78, 5) is 11.3. The largest absolute Gasteiger partial charge is 0.513 e. The van der Waals surface area contributed by atoms with Crippen molar-refractivity contribution in [1.29, 1.82) is 0 Å². The maximum absolute atomic E-state index is 11.3. The van der Waals surface area contributed by atoms with Crippen LogP contribution in [0.4, 0.5) is 27.5 Å². The molecule has 5 nitrogen and oxygen atoms in total. The average Bonchev–Trinajstić information content (AvgIpc) is 2.66. The van der Waals surface area contributed by atoms with E-state index in [2.05, 4.69) is 10.6 Å². The van der Waals surface area contributed by atoms with Gasteiger partial charge in [0.1, 0.15) is 5.75 Å². The summed E-state index contributed by atoms with van der Waals surface area (Å²) < 4.78 is 9.78. The number of carbonyl (C=O) groups excluding carboxylic acids is 1. The summed E-state index contributed by atoms with van der Waals surface area (Å²) in [6.45, 7) is 2.02. The van der Waals surface area contributed by atoms with Crippen LogP contribution >= 0.6 is 0 Å². The van der Waals surface area contributed by atoms with Crippen LogP contribution in [0.15, 0.2) is 78.9 Å². The average molecular weight is 348 g/mol. The van der Waals surface area contributed by atoms with Gasteiger partial charge in [-0.15, -0.1) is 0 Å². The van der Waals surface area contributed by atoms with E-state index in [1.54, 1.807) is 19.1 Å². The van der Waals surface area contributed by atoms with E-state index >= 15 is 0 Å². The minimum absolute atomic E-state index is 0.285. The number of anilines is 4. The molecule has 26 heavy (non-hydrogen) atoms. The molecule has 0 amide bonds. The van der Waals surface area contributed by atoms with E-state index in [4.69, 9.17) is 9.47 Å². The van der Waals surface area contributed by atoms with Gasteiger partial charge in [0.25, 0.3) is 0 Å². The molecule has 0 aliphatic carbocycles. The van der Waals surface area contributed by atoms with Crippen molar-refractivity contribution in [3.8, 4) is 5.75 Å². The molecule has 0 aliphatic heterocycles. The first kappa shape index (κ1) is 17.4. The fourth-order valence-electron chi connectivity index (χ4n) is 2.34. The van der Waals surface area contributed by atoms with E-state index < -0.39 is 6.16 Å². The second-order valence-corrected chi connectivity index (χ2v) is 5.50. The molecule has 0 unspecified atom stereocenters. The van der Waals surface area contributed by atoms with Crippen molar-refractivity contribution >= 4 is 28.9 Å². The molecule has 0 saturated heterocycles. The van der Waals surface area contributed by atoms with Crippen LogP contribution in [0, 0.1) is 0 Å². The summed E-state index contributed by atoms with van der Waals surface area (Å²) in [6, 6.07) is 25.1. The molecule has 0 heterocycles. The van der Waals surface area contributed by atoms with Crippen LogP contribution in [0.2, 0.25) is 0 Å². The van der Waals surface area contributed by atoms with Crippen molar-refractivity contribution in [1.82, 2.24) is 0 Å². The lowest BCUT2D eigenvalue weighted by molar-refractivity contribution is 0.104. The molecule has 3 rings (SSSR count). The third kappa shape index (κ3) is 5.01. The van der Waals surface area contributed by atoms with Gasteiger partial charge in [0.05, 0.1) is 6.61 Å². The summed E-state index contributed by atoms with van der Waals surface area (Å²) in [5, 5.41) is 6.64. The summed E-state index contributed by atoms with van der Waals surface area (Å²) in [5.41, 5.74) is 3.91. The first-order chi connectivity index (χ1) is 12.7. The molecule has 5 heteroatoms. The van der Waals surface area contributed by atoms with E-state index in [9.17, 15) is 4.79 Å². The van der Waals surface area contributed by atoms with Gasteiger partial charge in [-0.25, -0.2) is 4.79 Å². The Bertz CT molecular complexity index is 831. The van der Waals surface area contributed by atoms with Crippen LogP contribution in [0.25, 0.3) is 0 Å². The first-order valence-electron chi connectivity index (χ1n) is 8.37. The minimum Gasteiger partial charge on any atom is -0.434 e. The zero-order valence-electron chi connectivity index (χ0n) is 14.4. The lowest BCUT2D eigenvalue weighted by Gasteiger charge is -2.10. The van der Waals surface area contributed by atoms with Crippen molar-refractivity contribution in [3.05, 3.63) is 78.9 Å². The van der Waals surface area contributed by atoms with Crippen LogP contribution in [0.5, 0.6) is 5.75 Å². The Labute approximate surface area is 152 Å². The number of rotatable bonds is 6. The molecule has 0 bridgehead atoms. The molecule has 0 radical (unpaired) electrons. The molecule has 2 N–H and O–H groups in total. The predicted octanol–water partition coefficient (Wildman–Crippen LogP) is 5.71. The highest BCUT2D eigenvalue weighted by molar-refractivity contribution is 5.67. The van der Waals surface area contributed by atoms with Crippen molar-refractivity contribution < 1.29 is 14.3 Å². The second-order valence-electron chi connectivity index (χ2n) is 5.50. The molecule has 0 saturated carbocycles. The zero-order chi connectivity index (χ0) is 18.2. The second kappa shape index (κ2) is 8.58. The number of ether oxygens (including phenoxy) is 2. The standard InChI is InChI=1S/C21H20N2O3/c1-2-25-21(24)26-20-14-12-19(13-15-20)23-18-10-8-17(9-11-18)22-16-6-4-3-5-7-16/h3-15,22-23H,2H2,1H3. The fraction of sp³-hybridized carbons (Fsp3) is 0.0952. The highest BCUT2D eigenvalue weighted by atomic mass is 16.7. The monoisotopic (exact) mass is 348 g/mol. The van der Waals surface area contributed by atoms with Crippen molar-refractivity contribution in [2.75, 3.05) is 17.2 Å². The highest BCUT2D eigenvalue weighted by Gasteiger charge is 2.04. The van der Waals surface area contributed by atoms with Crippen molar-refractivity contribution in [2.45, 2.75) is 6.92 Å². The zero-order valence-corrected chi connectivity index (χ0v) is 14.4.